The standard InChI is InChI=1S/C15H17NO3/c1-2-3-6-9-16-13-8-5-4-7-11(13)12(15(18)19)10-14(16)17/h4-5,7-8,10H,2-3,6,9H2,1H3,(H,18,19). The quantitative estimate of drug-likeness (QED) is 0.840. The summed E-state index contributed by atoms with van der Waals surface area (Å²) in [6.07, 6.45) is 3.06. The molecule has 1 heterocycles. The maximum atomic E-state index is 12.1. The summed E-state index contributed by atoms with van der Waals surface area (Å²) in [4.78, 5) is 23.2. The first-order valence-corrected chi connectivity index (χ1v) is 6.51. The van der Waals surface area contributed by atoms with E-state index in [2.05, 4.69) is 6.92 Å². The lowest BCUT2D eigenvalue weighted by atomic mass is 10.1. The molecule has 0 bridgehead atoms. The average Bonchev–Trinajstić information content (AvgIpc) is 2.40. The maximum absolute atomic E-state index is 12.1. The zero-order valence-corrected chi connectivity index (χ0v) is 10.9. The van der Waals surface area contributed by atoms with E-state index in [1.807, 2.05) is 6.07 Å². The summed E-state index contributed by atoms with van der Waals surface area (Å²) in [5.41, 5.74) is 0.531. The Bertz CT molecular complexity index is 658. The number of pyridine rings is 1. The van der Waals surface area contributed by atoms with E-state index < -0.39 is 5.97 Å². The van der Waals surface area contributed by atoms with E-state index in [4.69, 9.17) is 5.11 Å². The SMILES string of the molecule is CCCCCn1c(=O)cc(C(=O)O)c2ccccc21. The van der Waals surface area contributed by atoms with Crippen LogP contribution < -0.4 is 5.56 Å². The van der Waals surface area contributed by atoms with Gasteiger partial charge in [-0.25, -0.2) is 4.79 Å². The smallest absolute Gasteiger partial charge is 0.336 e. The normalized spacial score (nSPS) is 10.8. The lowest BCUT2D eigenvalue weighted by Crippen LogP contribution is -2.22. The summed E-state index contributed by atoms with van der Waals surface area (Å²) >= 11 is 0. The molecule has 0 radical (unpaired) electrons. The largest absolute Gasteiger partial charge is 0.478 e. The molecular weight excluding hydrogens is 242 g/mol. The number of hydrogen-bond acceptors (Lipinski definition) is 2. The average molecular weight is 259 g/mol. The molecule has 0 saturated heterocycles. The summed E-state index contributed by atoms with van der Waals surface area (Å²) in [6, 6.07) is 8.37. The maximum Gasteiger partial charge on any atom is 0.336 e. The molecule has 0 aliphatic carbocycles. The number of aromatic carboxylic acids is 1. The number of aryl methyl sites for hydroxylation is 1. The molecule has 1 N–H and O–H groups in total. The minimum atomic E-state index is -1.06. The molecule has 100 valence electrons. The minimum Gasteiger partial charge on any atom is -0.478 e. The monoisotopic (exact) mass is 259 g/mol. The zero-order valence-electron chi connectivity index (χ0n) is 10.9. The Morgan fingerprint density at radius 2 is 2.00 bits per heavy atom. The third-order valence-corrected chi connectivity index (χ3v) is 3.23. The van der Waals surface area contributed by atoms with Crippen LogP contribution in [0.5, 0.6) is 0 Å². The third kappa shape index (κ3) is 2.67. The second-order valence-corrected chi connectivity index (χ2v) is 4.58. The van der Waals surface area contributed by atoms with Gasteiger partial charge in [0, 0.05) is 18.0 Å². The number of nitrogens with zero attached hydrogens (tertiary/aromatic N) is 1. The first kappa shape index (κ1) is 13.3. The molecular formula is C15H17NO3. The molecule has 0 spiro atoms. The van der Waals surface area contributed by atoms with Crippen LogP contribution in [0.4, 0.5) is 0 Å². The number of hydrogen-bond donors (Lipinski definition) is 1. The number of aromatic nitrogens is 1. The molecule has 2 aromatic rings. The Balaban J connectivity index is 2.59. The molecule has 1 aromatic carbocycles. The minimum absolute atomic E-state index is 0.0762. The van der Waals surface area contributed by atoms with Gasteiger partial charge in [-0.2, -0.15) is 0 Å². The number of rotatable bonds is 5. The van der Waals surface area contributed by atoms with Gasteiger partial charge in [-0.1, -0.05) is 38.0 Å². The van der Waals surface area contributed by atoms with Crippen molar-refractivity contribution < 1.29 is 9.90 Å². The van der Waals surface area contributed by atoms with Gasteiger partial charge < -0.3 is 9.67 Å². The van der Waals surface area contributed by atoms with Gasteiger partial charge in [-0.05, 0) is 12.5 Å². The van der Waals surface area contributed by atoms with E-state index in [-0.39, 0.29) is 11.1 Å². The van der Waals surface area contributed by atoms with Crippen LogP contribution in [0.1, 0.15) is 36.5 Å². The summed E-state index contributed by atoms with van der Waals surface area (Å²) < 4.78 is 1.66. The molecule has 0 saturated carbocycles. The van der Waals surface area contributed by atoms with Crippen molar-refractivity contribution in [3.63, 3.8) is 0 Å². The van der Waals surface area contributed by atoms with E-state index in [9.17, 15) is 9.59 Å². The summed E-state index contributed by atoms with van der Waals surface area (Å²) in [6.45, 7) is 2.74. The van der Waals surface area contributed by atoms with Crippen molar-refractivity contribution in [1.82, 2.24) is 4.57 Å². The van der Waals surface area contributed by atoms with E-state index in [1.165, 1.54) is 6.07 Å². The number of unbranched alkanes of at least 4 members (excludes halogenated alkanes) is 2. The molecule has 0 unspecified atom stereocenters. The molecule has 4 heteroatoms. The Labute approximate surface area is 111 Å². The first-order chi connectivity index (χ1) is 9.15. The summed E-state index contributed by atoms with van der Waals surface area (Å²) in [5.74, 6) is -1.06. The van der Waals surface area contributed by atoms with Crippen molar-refractivity contribution in [2.24, 2.45) is 0 Å². The van der Waals surface area contributed by atoms with Crippen LogP contribution in [0, 0.1) is 0 Å². The lowest BCUT2D eigenvalue weighted by molar-refractivity contribution is 0.0698. The molecule has 0 fully saturated rings. The van der Waals surface area contributed by atoms with Crippen molar-refractivity contribution in [1.29, 1.82) is 0 Å². The van der Waals surface area contributed by atoms with E-state index in [0.717, 1.165) is 19.3 Å². The van der Waals surface area contributed by atoms with Crippen molar-refractivity contribution in [2.75, 3.05) is 0 Å². The Morgan fingerprint density at radius 3 is 2.68 bits per heavy atom. The van der Waals surface area contributed by atoms with Gasteiger partial charge in [0.05, 0.1) is 11.1 Å². The predicted octanol–water partition coefficient (Wildman–Crippen LogP) is 2.89. The number of fused-ring (bicyclic) bond motifs is 1. The van der Waals surface area contributed by atoms with E-state index in [1.54, 1.807) is 22.8 Å². The van der Waals surface area contributed by atoms with Crippen molar-refractivity contribution >= 4 is 16.9 Å². The molecule has 0 amide bonds. The van der Waals surface area contributed by atoms with Gasteiger partial charge >= 0.3 is 5.97 Å². The molecule has 19 heavy (non-hydrogen) atoms. The lowest BCUT2D eigenvalue weighted by Gasteiger charge is -2.11. The van der Waals surface area contributed by atoms with Gasteiger partial charge in [-0.3, -0.25) is 4.79 Å². The predicted molar refractivity (Wildman–Crippen MR) is 74.7 cm³/mol. The van der Waals surface area contributed by atoms with E-state index in [0.29, 0.717) is 17.4 Å². The fraction of sp³-hybridized carbons (Fsp3) is 0.333. The molecule has 2 rings (SSSR count). The topological polar surface area (TPSA) is 59.3 Å². The Kier molecular flexibility index (Phi) is 4.00. The van der Waals surface area contributed by atoms with Crippen molar-refractivity contribution in [3.05, 3.63) is 46.2 Å². The number of benzene rings is 1. The number of carboxylic acid groups (broad SMARTS) is 1. The van der Waals surface area contributed by atoms with Crippen LogP contribution in [-0.2, 0) is 6.54 Å². The van der Waals surface area contributed by atoms with Gasteiger partial charge in [0.2, 0.25) is 0 Å². The van der Waals surface area contributed by atoms with Crippen molar-refractivity contribution in [3.8, 4) is 0 Å². The summed E-state index contributed by atoms with van der Waals surface area (Å²) in [5, 5.41) is 9.78. The number of para-hydroxylation sites is 1. The van der Waals surface area contributed by atoms with Crippen LogP contribution in [-0.4, -0.2) is 15.6 Å². The molecule has 1 aromatic heterocycles. The zero-order chi connectivity index (χ0) is 13.8. The van der Waals surface area contributed by atoms with Crippen LogP contribution in [0.25, 0.3) is 10.9 Å². The highest BCUT2D eigenvalue weighted by Crippen LogP contribution is 2.17. The Morgan fingerprint density at radius 1 is 1.26 bits per heavy atom. The molecule has 0 atom stereocenters. The first-order valence-electron chi connectivity index (χ1n) is 6.51. The van der Waals surface area contributed by atoms with Crippen LogP contribution in [0.2, 0.25) is 0 Å². The highest BCUT2D eigenvalue weighted by molar-refractivity contribution is 6.02. The second kappa shape index (κ2) is 5.69. The second-order valence-electron chi connectivity index (χ2n) is 4.58. The van der Waals surface area contributed by atoms with Crippen LogP contribution in [0.15, 0.2) is 35.1 Å². The highest BCUT2D eigenvalue weighted by atomic mass is 16.4. The number of carboxylic acids is 1. The van der Waals surface area contributed by atoms with Crippen LogP contribution >= 0.6 is 0 Å². The summed E-state index contributed by atoms with van der Waals surface area (Å²) in [7, 11) is 0. The van der Waals surface area contributed by atoms with Gasteiger partial charge in [0.25, 0.3) is 5.56 Å². The third-order valence-electron chi connectivity index (χ3n) is 3.23. The van der Waals surface area contributed by atoms with Crippen molar-refractivity contribution in [2.45, 2.75) is 32.7 Å². The van der Waals surface area contributed by atoms with Crippen LogP contribution in [0.3, 0.4) is 0 Å². The molecule has 0 aliphatic heterocycles. The Hall–Kier alpha value is -2.10. The number of carbonyl (C=O) groups is 1. The fourth-order valence-electron chi connectivity index (χ4n) is 2.26. The fourth-order valence-corrected chi connectivity index (χ4v) is 2.26. The van der Waals surface area contributed by atoms with Gasteiger partial charge in [0.1, 0.15) is 0 Å². The van der Waals surface area contributed by atoms with E-state index >= 15 is 0 Å². The van der Waals surface area contributed by atoms with Gasteiger partial charge in [-0.15, -0.1) is 0 Å². The highest BCUT2D eigenvalue weighted by Gasteiger charge is 2.12. The van der Waals surface area contributed by atoms with Gasteiger partial charge in [0.15, 0.2) is 0 Å². The molecule has 4 nitrogen and oxygen atoms in total. The molecule has 0 aliphatic rings.